The molecule has 0 spiro atoms. The Hall–Kier alpha value is -2.95. The third-order valence-corrected chi connectivity index (χ3v) is 7.03. The van der Waals surface area contributed by atoms with Crippen LogP contribution in [0.5, 0.6) is 0 Å². The highest BCUT2D eigenvalue weighted by Gasteiger charge is 2.28. The zero-order valence-corrected chi connectivity index (χ0v) is 18.8. The average molecular weight is 461 g/mol. The van der Waals surface area contributed by atoms with Gasteiger partial charge >= 0.3 is 6.09 Å². The number of hydrogen-bond donors (Lipinski definition) is 2. The number of hydrogen-bond acceptors (Lipinski definition) is 6. The highest BCUT2D eigenvalue weighted by Crippen LogP contribution is 2.21. The third kappa shape index (κ3) is 6.52. The van der Waals surface area contributed by atoms with Gasteiger partial charge in [0.15, 0.2) is 0 Å². The molecule has 0 aromatic heterocycles. The second-order valence-electron chi connectivity index (χ2n) is 7.33. The first-order valence-electron chi connectivity index (χ1n) is 10.5. The number of benzene rings is 2. The van der Waals surface area contributed by atoms with Crippen molar-refractivity contribution in [3.8, 4) is 0 Å². The molecule has 32 heavy (non-hydrogen) atoms. The molecular weight excluding hydrogens is 432 g/mol. The molecule has 1 heterocycles. The fraction of sp³-hybridized carbons (Fsp3) is 0.364. The molecule has 0 saturated carbocycles. The van der Waals surface area contributed by atoms with Crippen LogP contribution in [0, 0.1) is 0 Å². The van der Waals surface area contributed by atoms with Gasteiger partial charge in [-0.2, -0.15) is 4.31 Å². The number of carbonyl (C=O) groups excluding carboxylic acids is 2. The lowest BCUT2D eigenvalue weighted by atomic mass is 10.2. The SMILES string of the molecule is CCN1CCN(S(=O)(=O)c2cccc(NC(=O)CNC(=O)OCc3ccccc3)c2)CC1. The zero-order chi connectivity index (χ0) is 23.0. The monoisotopic (exact) mass is 460 g/mol. The normalized spacial score (nSPS) is 15.2. The van der Waals surface area contributed by atoms with Gasteiger partial charge in [0, 0.05) is 31.9 Å². The predicted octanol–water partition coefficient (Wildman–Crippen LogP) is 1.88. The number of piperazine rings is 1. The minimum atomic E-state index is -3.65. The van der Waals surface area contributed by atoms with Crippen LogP contribution < -0.4 is 10.6 Å². The Bertz CT molecular complexity index is 1020. The molecule has 1 aliphatic heterocycles. The standard InChI is InChI=1S/C22H28N4O5S/c1-2-25-11-13-26(14-12-25)32(29,30)20-10-6-9-19(15-20)24-21(27)16-23-22(28)31-17-18-7-4-3-5-8-18/h3-10,15H,2,11-14,16-17H2,1H3,(H,23,28)(H,24,27). The summed E-state index contributed by atoms with van der Waals surface area (Å²) in [7, 11) is -3.65. The number of carbonyl (C=O) groups is 2. The van der Waals surface area contributed by atoms with Gasteiger partial charge in [-0.15, -0.1) is 0 Å². The molecule has 2 N–H and O–H groups in total. The largest absolute Gasteiger partial charge is 0.445 e. The van der Waals surface area contributed by atoms with Crippen molar-refractivity contribution in [3.05, 3.63) is 60.2 Å². The molecule has 0 aliphatic carbocycles. The van der Waals surface area contributed by atoms with Crippen LogP contribution in [-0.4, -0.2) is 68.9 Å². The minimum absolute atomic E-state index is 0.0979. The number of ether oxygens (including phenoxy) is 1. The van der Waals surface area contributed by atoms with E-state index >= 15 is 0 Å². The summed E-state index contributed by atoms with van der Waals surface area (Å²) >= 11 is 0. The van der Waals surface area contributed by atoms with E-state index in [4.69, 9.17) is 4.74 Å². The van der Waals surface area contributed by atoms with Crippen LogP contribution in [0.15, 0.2) is 59.5 Å². The van der Waals surface area contributed by atoms with Crippen LogP contribution in [0.25, 0.3) is 0 Å². The summed E-state index contributed by atoms with van der Waals surface area (Å²) in [5, 5.41) is 4.98. The fourth-order valence-electron chi connectivity index (χ4n) is 3.30. The fourth-order valence-corrected chi connectivity index (χ4v) is 4.77. The molecule has 1 fully saturated rings. The van der Waals surface area contributed by atoms with Gasteiger partial charge in [-0.3, -0.25) is 4.79 Å². The molecule has 9 nitrogen and oxygen atoms in total. The molecule has 0 atom stereocenters. The molecule has 2 amide bonds. The van der Waals surface area contributed by atoms with Crippen LogP contribution in [0.2, 0.25) is 0 Å². The van der Waals surface area contributed by atoms with E-state index in [9.17, 15) is 18.0 Å². The predicted molar refractivity (Wildman–Crippen MR) is 121 cm³/mol. The van der Waals surface area contributed by atoms with E-state index in [0.29, 0.717) is 31.9 Å². The Morgan fingerprint density at radius 3 is 2.41 bits per heavy atom. The van der Waals surface area contributed by atoms with Crippen LogP contribution >= 0.6 is 0 Å². The Morgan fingerprint density at radius 1 is 1.00 bits per heavy atom. The van der Waals surface area contributed by atoms with E-state index in [-0.39, 0.29) is 18.0 Å². The lowest BCUT2D eigenvalue weighted by molar-refractivity contribution is -0.115. The van der Waals surface area contributed by atoms with Crippen molar-refractivity contribution in [1.82, 2.24) is 14.5 Å². The number of rotatable bonds is 8. The number of likely N-dealkylation sites (N-methyl/N-ethyl adjacent to an activating group) is 1. The van der Waals surface area contributed by atoms with Gasteiger partial charge < -0.3 is 20.3 Å². The zero-order valence-electron chi connectivity index (χ0n) is 18.0. The van der Waals surface area contributed by atoms with Gasteiger partial charge in [-0.1, -0.05) is 43.3 Å². The number of sulfonamides is 1. The van der Waals surface area contributed by atoms with Crippen molar-refractivity contribution in [1.29, 1.82) is 0 Å². The number of nitrogens with one attached hydrogen (secondary N) is 2. The first-order valence-corrected chi connectivity index (χ1v) is 11.9. The molecule has 2 aromatic rings. The summed E-state index contributed by atoms with van der Waals surface area (Å²) in [5.74, 6) is -0.493. The quantitative estimate of drug-likeness (QED) is 0.623. The number of anilines is 1. The molecule has 172 valence electrons. The summed E-state index contributed by atoms with van der Waals surface area (Å²) in [6.07, 6.45) is -0.716. The maximum atomic E-state index is 12.9. The summed E-state index contributed by atoms with van der Waals surface area (Å²) in [6.45, 7) is 4.99. The lowest BCUT2D eigenvalue weighted by Crippen LogP contribution is -2.48. The highest BCUT2D eigenvalue weighted by atomic mass is 32.2. The van der Waals surface area contributed by atoms with E-state index in [2.05, 4.69) is 15.5 Å². The molecule has 1 aliphatic rings. The number of nitrogens with zero attached hydrogens (tertiary/aromatic N) is 2. The summed E-state index contributed by atoms with van der Waals surface area (Å²) in [5.41, 5.74) is 1.17. The van der Waals surface area contributed by atoms with Gasteiger partial charge in [0.1, 0.15) is 13.2 Å². The first kappa shape index (κ1) is 23.7. The maximum Gasteiger partial charge on any atom is 0.407 e. The van der Waals surface area contributed by atoms with E-state index in [1.807, 2.05) is 37.3 Å². The molecule has 3 rings (SSSR count). The average Bonchev–Trinajstić information content (AvgIpc) is 2.82. The molecule has 0 unspecified atom stereocenters. The van der Waals surface area contributed by atoms with E-state index in [1.54, 1.807) is 12.1 Å². The van der Waals surface area contributed by atoms with Crippen molar-refractivity contribution >= 4 is 27.7 Å². The number of amides is 2. The van der Waals surface area contributed by atoms with Crippen molar-refractivity contribution in [2.45, 2.75) is 18.4 Å². The molecule has 1 saturated heterocycles. The van der Waals surface area contributed by atoms with Gasteiger partial charge in [0.2, 0.25) is 15.9 Å². The Kier molecular flexibility index (Phi) is 8.20. The number of alkyl carbamates (subject to hydrolysis) is 1. The lowest BCUT2D eigenvalue weighted by Gasteiger charge is -2.33. The highest BCUT2D eigenvalue weighted by molar-refractivity contribution is 7.89. The summed E-state index contributed by atoms with van der Waals surface area (Å²) in [4.78, 5) is 26.3. The van der Waals surface area contributed by atoms with Gasteiger partial charge in [0.05, 0.1) is 4.90 Å². The smallest absolute Gasteiger partial charge is 0.407 e. The molecular formula is C22H28N4O5S. The van der Waals surface area contributed by atoms with Crippen molar-refractivity contribution in [2.24, 2.45) is 0 Å². The second-order valence-corrected chi connectivity index (χ2v) is 9.27. The van der Waals surface area contributed by atoms with Crippen molar-refractivity contribution in [2.75, 3.05) is 44.6 Å². The van der Waals surface area contributed by atoms with Gasteiger partial charge in [-0.05, 0) is 30.3 Å². The van der Waals surface area contributed by atoms with Gasteiger partial charge in [-0.25, -0.2) is 13.2 Å². The Morgan fingerprint density at radius 2 is 1.72 bits per heavy atom. The Labute approximate surface area is 188 Å². The molecule has 10 heteroatoms. The third-order valence-electron chi connectivity index (χ3n) is 5.14. The van der Waals surface area contributed by atoms with E-state index in [0.717, 1.165) is 12.1 Å². The molecule has 2 aromatic carbocycles. The van der Waals surface area contributed by atoms with E-state index in [1.165, 1.54) is 16.4 Å². The topological polar surface area (TPSA) is 108 Å². The van der Waals surface area contributed by atoms with Crippen LogP contribution in [0.1, 0.15) is 12.5 Å². The van der Waals surface area contributed by atoms with Crippen LogP contribution in [0.4, 0.5) is 10.5 Å². The second kappa shape index (κ2) is 11.1. The minimum Gasteiger partial charge on any atom is -0.445 e. The first-order chi connectivity index (χ1) is 15.4. The van der Waals surface area contributed by atoms with E-state index < -0.39 is 22.0 Å². The van der Waals surface area contributed by atoms with Crippen LogP contribution in [0.3, 0.4) is 0 Å². The summed E-state index contributed by atoms with van der Waals surface area (Å²) in [6, 6.07) is 15.3. The molecule has 0 radical (unpaired) electrons. The van der Waals surface area contributed by atoms with Crippen LogP contribution in [-0.2, 0) is 26.2 Å². The summed E-state index contributed by atoms with van der Waals surface area (Å²) < 4.78 is 32.4. The Balaban J connectivity index is 1.50. The van der Waals surface area contributed by atoms with Crippen molar-refractivity contribution < 1.29 is 22.7 Å². The molecule has 0 bridgehead atoms. The maximum absolute atomic E-state index is 12.9. The van der Waals surface area contributed by atoms with Gasteiger partial charge in [0.25, 0.3) is 0 Å². The van der Waals surface area contributed by atoms with Crippen molar-refractivity contribution in [3.63, 3.8) is 0 Å².